The van der Waals surface area contributed by atoms with Crippen molar-refractivity contribution in [2.75, 3.05) is 0 Å². The van der Waals surface area contributed by atoms with Gasteiger partial charge in [0.2, 0.25) is 0 Å². The fraction of sp³-hybridized carbons (Fsp3) is 0. The second-order valence-corrected chi connectivity index (χ2v) is 9.71. The first-order valence-corrected chi connectivity index (χ1v) is 13.1. The fourth-order valence-electron chi connectivity index (χ4n) is 5.55. The smallest absolute Gasteiger partial charge is 0.169 e. The fourth-order valence-corrected chi connectivity index (χ4v) is 5.55. The highest BCUT2D eigenvalue weighted by atomic mass is 15.1. The molecule has 182 valence electrons. The van der Waals surface area contributed by atoms with Gasteiger partial charge in [0, 0.05) is 21.9 Å². The van der Waals surface area contributed by atoms with E-state index < -0.39 is 0 Å². The van der Waals surface area contributed by atoms with E-state index in [0.717, 1.165) is 44.5 Å². The number of hydrogen-bond acceptors (Lipinski definition) is 3. The van der Waals surface area contributed by atoms with Crippen LogP contribution < -0.4 is 0 Å². The van der Waals surface area contributed by atoms with Gasteiger partial charge in [0.25, 0.3) is 0 Å². The van der Waals surface area contributed by atoms with Gasteiger partial charge in [-0.3, -0.25) is 4.40 Å². The van der Waals surface area contributed by atoms with Crippen molar-refractivity contribution in [3.63, 3.8) is 0 Å². The molecule has 3 aromatic heterocycles. The molecule has 0 atom stereocenters. The lowest BCUT2D eigenvalue weighted by Gasteiger charge is -2.11. The predicted molar refractivity (Wildman–Crippen MR) is 160 cm³/mol. The van der Waals surface area contributed by atoms with Crippen LogP contribution in [-0.4, -0.2) is 19.4 Å². The van der Waals surface area contributed by atoms with Gasteiger partial charge in [-0.25, -0.2) is 15.0 Å². The summed E-state index contributed by atoms with van der Waals surface area (Å²) in [6.07, 6.45) is 0. The number of pyridine rings is 1. The van der Waals surface area contributed by atoms with Crippen LogP contribution in [0.4, 0.5) is 0 Å². The molecule has 0 aliphatic carbocycles. The van der Waals surface area contributed by atoms with E-state index >= 15 is 0 Å². The van der Waals surface area contributed by atoms with E-state index in [0.29, 0.717) is 5.82 Å². The Hall–Kier alpha value is -5.35. The summed E-state index contributed by atoms with van der Waals surface area (Å²) in [6.45, 7) is 0. The lowest BCUT2D eigenvalue weighted by Crippen LogP contribution is -1.97. The monoisotopic (exact) mass is 498 g/mol. The molecule has 0 bridgehead atoms. The largest absolute Gasteiger partial charge is 0.276 e. The van der Waals surface area contributed by atoms with Crippen LogP contribution in [0, 0.1) is 0 Å². The molecule has 0 N–H and O–H groups in total. The Labute approximate surface area is 224 Å². The minimum Gasteiger partial charge on any atom is -0.276 e. The van der Waals surface area contributed by atoms with Crippen LogP contribution in [0.15, 0.2) is 133 Å². The van der Waals surface area contributed by atoms with Gasteiger partial charge in [-0.15, -0.1) is 0 Å². The van der Waals surface area contributed by atoms with Crippen LogP contribution in [-0.2, 0) is 0 Å². The lowest BCUT2D eigenvalue weighted by atomic mass is 10.00. The molecule has 4 nitrogen and oxygen atoms in total. The van der Waals surface area contributed by atoms with E-state index in [1.807, 2.05) is 36.4 Å². The molecule has 0 fully saturated rings. The Bertz CT molecular complexity index is 2150. The number of hydrogen-bond donors (Lipinski definition) is 0. The summed E-state index contributed by atoms with van der Waals surface area (Å²) in [4.78, 5) is 15.4. The topological polar surface area (TPSA) is 43.1 Å². The predicted octanol–water partition coefficient (Wildman–Crippen LogP) is 8.58. The van der Waals surface area contributed by atoms with Gasteiger partial charge in [-0.2, -0.15) is 0 Å². The molecule has 0 saturated heterocycles. The first-order valence-electron chi connectivity index (χ1n) is 13.1. The summed E-state index contributed by atoms with van der Waals surface area (Å²) in [5.41, 5.74) is 8.77. The van der Waals surface area contributed by atoms with Crippen molar-refractivity contribution in [2.24, 2.45) is 0 Å². The number of fused-ring (bicyclic) bond motifs is 8. The minimum absolute atomic E-state index is 0.686. The molecule has 3 heterocycles. The van der Waals surface area contributed by atoms with Crippen LogP contribution >= 0.6 is 0 Å². The van der Waals surface area contributed by atoms with Gasteiger partial charge in [0.05, 0.1) is 5.52 Å². The summed E-state index contributed by atoms with van der Waals surface area (Å²) in [7, 11) is 0. The number of nitrogens with zero attached hydrogens (tertiary/aromatic N) is 4. The van der Waals surface area contributed by atoms with Crippen LogP contribution in [0.5, 0.6) is 0 Å². The summed E-state index contributed by atoms with van der Waals surface area (Å²) < 4.78 is 2.21. The van der Waals surface area contributed by atoms with Crippen molar-refractivity contribution in [1.29, 1.82) is 0 Å². The maximum Gasteiger partial charge on any atom is 0.169 e. The molecular weight excluding hydrogens is 476 g/mol. The number of rotatable bonds is 3. The van der Waals surface area contributed by atoms with Crippen molar-refractivity contribution < 1.29 is 0 Å². The third-order valence-electron chi connectivity index (χ3n) is 7.39. The van der Waals surface area contributed by atoms with E-state index in [1.54, 1.807) is 0 Å². The standard InChI is InChI=1S/C35H22N4/c1-4-12-23(13-5-1)26-20-21-30-29(22-26)27-18-10-11-19-28(27)34-37-32-31(24-14-6-2-7-15-24)36-33(38-35(32)39(30)34)25-16-8-3-9-17-25/h1-22H. The molecule has 0 spiro atoms. The van der Waals surface area contributed by atoms with Gasteiger partial charge in [0.15, 0.2) is 11.5 Å². The quantitative estimate of drug-likeness (QED) is 0.229. The first-order chi connectivity index (χ1) is 19.3. The highest BCUT2D eigenvalue weighted by molar-refractivity contribution is 6.15. The molecule has 5 aromatic carbocycles. The van der Waals surface area contributed by atoms with E-state index in [-0.39, 0.29) is 0 Å². The van der Waals surface area contributed by atoms with Crippen LogP contribution in [0.25, 0.3) is 72.3 Å². The van der Waals surface area contributed by atoms with Crippen molar-refractivity contribution >= 4 is 38.5 Å². The second kappa shape index (κ2) is 8.61. The molecule has 8 aromatic rings. The number of aromatic nitrogens is 4. The maximum atomic E-state index is 5.22. The van der Waals surface area contributed by atoms with Crippen LogP contribution in [0.2, 0.25) is 0 Å². The molecule has 8 rings (SSSR count). The molecular formula is C35H22N4. The summed E-state index contributed by atoms with van der Waals surface area (Å²) in [5, 5.41) is 3.43. The van der Waals surface area contributed by atoms with Crippen molar-refractivity contribution in [2.45, 2.75) is 0 Å². The molecule has 0 aliphatic heterocycles. The highest BCUT2D eigenvalue weighted by Crippen LogP contribution is 2.37. The molecule has 0 radical (unpaired) electrons. The molecule has 39 heavy (non-hydrogen) atoms. The Balaban J connectivity index is 1.55. The van der Waals surface area contributed by atoms with Gasteiger partial charge < -0.3 is 0 Å². The average Bonchev–Trinajstić information content (AvgIpc) is 3.42. The van der Waals surface area contributed by atoms with Gasteiger partial charge >= 0.3 is 0 Å². The summed E-state index contributed by atoms with van der Waals surface area (Å²) >= 11 is 0. The molecule has 0 amide bonds. The number of imidazole rings is 1. The zero-order chi connectivity index (χ0) is 25.8. The Morgan fingerprint density at radius 3 is 1.74 bits per heavy atom. The van der Waals surface area contributed by atoms with E-state index in [9.17, 15) is 0 Å². The van der Waals surface area contributed by atoms with Gasteiger partial charge in [-0.1, -0.05) is 121 Å². The van der Waals surface area contributed by atoms with E-state index in [4.69, 9.17) is 15.0 Å². The van der Waals surface area contributed by atoms with E-state index in [1.165, 1.54) is 21.9 Å². The van der Waals surface area contributed by atoms with Crippen molar-refractivity contribution in [1.82, 2.24) is 19.4 Å². The second-order valence-electron chi connectivity index (χ2n) is 9.71. The SMILES string of the molecule is c1ccc(-c2ccc3c(c2)c2ccccc2c2nc4c(-c5ccccc5)nc(-c5ccccc5)nc4n32)cc1. The Kier molecular flexibility index (Phi) is 4.79. The zero-order valence-electron chi connectivity index (χ0n) is 21.0. The summed E-state index contributed by atoms with van der Waals surface area (Å²) in [5.74, 6) is 0.686. The van der Waals surface area contributed by atoms with Crippen LogP contribution in [0.1, 0.15) is 0 Å². The van der Waals surface area contributed by atoms with Crippen molar-refractivity contribution in [3.8, 4) is 33.8 Å². The van der Waals surface area contributed by atoms with Crippen molar-refractivity contribution in [3.05, 3.63) is 133 Å². The third kappa shape index (κ3) is 3.42. The molecule has 0 saturated carbocycles. The third-order valence-corrected chi connectivity index (χ3v) is 7.39. The average molecular weight is 499 g/mol. The first kappa shape index (κ1) is 21.7. The summed E-state index contributed by atoms with van der Waals surface area (Å²) in [6, 6.07) is 46.1. The van der Waals surface area contributed by atoms with Crippen LogP contribution in [0.3, 0.4) is 0 Å². The van der Waals surface area contributed by atoms with E-state index in [2.05, 4.69) is 101 Å². The maximum absolute atomic E-state index is 5.22. The number of benzene rings is 5. The molecule has 0 unspecified atom stereocenters. The molecule has 4 heteroatoms. The van der Waals surface area contributed by atoms with Gasteiger partial charge in [-0.05, 0) is 28.6 Å². The lowest BCUT2D eigenvalue weighted by molar-refractivity contribution is 1.18. The van der Waals surface area contributed by atoms with Gasteiger partial charge in [0.1, 0.15) is 16.9 Å². The Morgan fingerprint density at radius 1 is 0.410 bits per heavy atom. The Morgan fingerprint density at radius 2 is 1.03 bits per heavy atom. The molecule has 0 aliphatic rings. The zero-order valence-corrected chi connectivity index (χ0v) is 21.0. The minimum atomic E-state index is 0.686. The normalized spacial score (nSPS) is 11.6. The highest BCUT2D eigenvalue weighted by Gasteiger charge is 2.20.